The lowest BCUT2D eigenvalue weighted by molar-refractivity contribution is -0.140. The summed E-state index contributed by atoms with van der Waals surface area (Å²) in [5, 5.41) is 9.85. The fraction of sp³-hybridized carbons (Fsp3) is 0.300. The molecule has 1 N–H and O–H groups in total. The summed E-state index contributed by atoms with van der Waals surface area (Å²) < 4.78 is 16.2. The molecule has 0 fully saturated rings. The van der Waals surface area contributed by atoms with Crippen LogP contribution in [0.15, 0.2) is 30.4 Å². The highest BCUT2D eigenvalue weighted by Gasteiger charge is 2.43. The van der Waals surface area contributed by atoms with E-state index in [2.05, 4.69) is 6.58 Å². The number of ether oxygens (including phenoxy) is 3. The van der Waals surface area contributed by atoms with Crippen LogP contribution in [0.3, 0.4) is 0 Å². The van der Waals surface area contributed by atoms with E-state index < -0.39 is 17.8 Å². The number of hydrogen-bond donors (Lipinski definition) is 1. The number of aryl methyl sites for hydroxylation is 1. The third-order valence-corrected chi connectivity index (χ3v) is 5.80. The maximum Gasteiger partial charge on any atom is 0.312 e. The molecule has 0 amide bonds. The van der Waals surface area contributed by atoms with E-state index in [1.165, 1.54) is 32.7 Å². The number of rotatable bonds is 5. The fourth-order valence-corrected chi connectivity index (χ4v) is 4.59. The van der Waals surface area contributed by atoms with E-state index in [1.807, 2.05) is 13.0 Å². The molecule has 27 heavy (non-hydrogen) atoms. The number of ketones is 1. The van der Waals surface area contributed by atoms with Crippen molar-refractivity contribution in [3.63, 3.8) is 0 Å². The predicted octanol–water partition coefficient (Wildman–Crippen LogP) is 3.67. The molecule has 0 unspecified atom stereocenters. The summed E-state index contributed by atoms with van der Waals surface area (Å²) in [6.45, 7) is 5.68. The normalized spacial score (nSPS) is 18.8. The van der Waals surface area contributed by atoms with Crippen molar-refractivity contribution in [1.29, 1.82) is 0 Å². The lowest BCUT2D eigenvalue weighted by atomic mass is 9.71. The van der Waals surface area contributed by atoms with E-state index in [1.54, 1.807) is 12.1 Å². The number of carbonyl (C=O) groups excluding carboxylic acids is 1. The predicted molar refractivity (Wildman–Crippen MR) is 102 cm³/mol. The van der Waals surface area contributed by atoms with E-state index >= 15 is 0 Å². The largest absolute Gasteiger partial charge is 0.493 e. The molecule has 0 saturated heterocycles. The fourth-order valence-electron chi connectivity index (χ4n) is 3.55. The molecule has 0 saturated carbocycles. The van der Waals surface area contributed by atoms with Crippen molar-refractivity contribution in [3.05, 3.63) is 51.2 Å². The monoisotopic (exact) mass is 388 g/mol. The number of benzene rings is 1. The molecule has 2 aromatic rings. The van der Waals surface area contributed by atoms with E-state index in [0.717, 1.165) is 4.88 Å². The summed E-state index contributed by atoms with van der Waals surface area (Å²) in [6, 6.07) is 5.32. The number of thiophene rings is 1. The maximum absolute atomic E-state index is 12.6. The molecular formula is C20H20O6S. The first-order valence-electron chi connectivity index (χ1n) is 8.20. The van der Waals surface area contributed by atoms with Crippen LogP contribution in [0.2, 0.25) is 0 Å². The van der Waals surface area contributed by atoms with E-state index in [-0.39, 0.29) is 11.4 Å². The molecule has 1 aromatic carbocycles. The van der Waals surface area contributed by atoms with Gasteiger partial charge in [-0.2, -0.15) is 0 Å². The second-order valence-electron chi connectivity index (χ2n) is 6.25. The van der Waals surface area contributed by atoms with Crippen LogP contribution >= 0.6 is 11.3 Å². The number of aliphatic carboxylic acids is 1. The van der Waals surface area contributed by atoms with Gasteiger partial charge in [-0.05, 0) is 36.2 Å². The smallest absolute Gasteiger partial charge is 0.312 e. The number of methoxy groups -OCH3 is 3. The SMILES string of the molecule is C=C1C(=O)c2sc(C)cc2[C@@H](c2cc(OC)c(OC)c(OC)c2)[C@@H]1C(=O)O. The van der Waals surface area contributed by atoms with Gasteiger partial charge < -0.3 is 19.3 Å². The van der Waals surface area contributed by atoms with Crippen molar-refractivity contribution in [2.45, 2.75) is 12.8 Å². The Morgan fingerprint density at radius 3 is 2.19 bits per heavy atom. The molecule has 0 bridgehead atoms. The number of carboxylic acid groups (broad SMARTS) is 1. The first-order chi connectivity index (χ1) is 12.8. The highest BCUT2D eigenvalue weighted by molar-refractivity contribution is 7.14. The molecule has 0 radical (unpaired) electrons. The summed E-state index contributed by atoms with van der Waals surface area (Å²) in [5.41, 5.74) is 1.43. The molecule has 1 heterocycles. The van der Waals surface area contributed by atoms with Crippen LogP contribution in [0, 0.1) is 12.8 Å². The molecule has 6 nitrogen and oxygen atoms in total. The van der Waals surface area contributed by atoms with Crippen molar-refractivity contribution in [2.75, 3.05) is 21.3 Å². The van der Waals surface area contributed by atoms with Crippen molar-refractivity contribution in [2.24, 2.45) is 5.92 Å². The Labute approximate surface area is 161 Å². The minimum absolute atomic E-state index is 0.0793. The van der Waals surface area contributed by atoms with Crippen LogP contribution in [-0.2, 0) is 4.79 Å². The van der Waals surface area contributed by atoms with Gasteiger partial charge in [0.2, 0.25) is 5.75 Å². The highest BCUT2D eigenvalue weighted by atomic mass is 32.1. The van der Waals surface area contributed by atoms with Crippen LogP contribution in [0.1, 0.15) is 31.6 Å². The summed E-state index contributed by atoms with van der Waals surface area (Å²) >= 11 is 1.35. The topological polar surface area (TPSA) is 82.1 Å². The van der Waals surface area contributed by atoms with Crippen molar-refractivity contribution in [3.8, 4) is 17.2 Å². The molecule has 142 valence electrons. The Balaban J connectivity index is 2.29. The van der Waals surface area contributed by atoms with Gasteiger partial charge in [-0.1, -0.05) is 6.58 Å². The number of hydrogen-bond acceptors (Lipinski definition) is 6. The van der Waals surface area contributed by atoms with Gasteiger partial charge in [0.15, 0.2) is 17.3 Å². The average Bonchev–Trinajstić information content (AvgIpc) is 3.04. The number of Topliss-reactive ketones (excluding diaryl/α,β-unsaturated/α-hetero) is 1. The lowest BCUT2D eigenvalue weighted by Gasteiger charge is -2.31. The van der Waals surface area contributed by atoms with Crippen LogP contribution in [-0.4, -0.2) is 38.2 Å². The first kappa shape index (κ1) is 19.0. The average molecular weight is 388 g/mol. The second-order valence-corrected chi connectivity index (χ2v) is 7.50. The van der Waals surface area contributed by atoms with Crippen LogP contribution in [0.5, 0.6) is 17.2 Å². The van der Waals surface area contributed by atoms with Crippen LogP contribution < -0.4 is 14.2 Å². The van der Waals surface area contributed by atoms with Crippen LogP contribution in [0.4, 0.5) is 0 Å². The van der Waals surface area contributed by atoms with Crippen molar-refractivity contribution >= 4 is 23.1 Å². The number of carbonyl (C=O) groups is 2. The Bertz CT molecular complexity index is 917. The summed E-state index contributed by atoms with van der Waals surface area (Å²) in [7, 11) is 4.50. The molecule has 2 atom stereocenters. The van der Waals surface area contributed by atoms with E-state index in [4.69, 9.17) is 14.2 Å². The highest BCUT2D eigenvalue weighted by Crippen LogP contribution is 2.49. The molecule has 0 spiro atoms. The molecule has 7 heteroatoms. The quantitative estimate of drug-likeness (QED) is 0.787. The minimum Gasteiger partial charge on any atom is -0.493 e. The van der Waals surface area contributed by atoms with Crippen molar-refractivity contribution < 1.29 is 28.9 Å². The Morgan fingerprint density at radius 2 is 1.70 bits per heavy atom. The molecule has 1 aliphatic rings. The van der Waals surface area contributed by atoms with Gasteiger partial charge in [0.05, 0.1) is 32.1 Å². The summed E-state index contributed by atoms with van der Waals surface area (Å²) in [5.74, 6) is -1.79. The van der Waals surface area contributed by atoms with Gasteiger partial charge in [-0.15, -0.1) is 11.3 Å². The zero-order chi connectivity index (χ0) is 19.9. The zero-order valence-electron chi connectivity index (χ0n) is 15.5. The summed E-state index contributed by atoms with van der Waals surface area (Å²) in [6.07, 6.45) is 0. The maximum atomic E-state index is 12.6. The molecule has 1 aromatic heterocycles. The third-order valence-electron chi connectivity index (χ3n) is 4.74. The van der Waals surface area contributed by atoms with E-state index in [9.17, 15) is 14.7 Å². The van der Waals surface area contributed by atoms with Gasteiger partial charge >= 0.3 is 5.97 Å². The first-order valence-corrected chi connectivity index (χ1v) is 9.02. The second kappa shape index (κ2) is 7.08. The Kier molecular flexibility index (Phi) is 4.97. The molecule has 0 aliphatic heterocycles. The van der Waals surface area contributed by atoms with Gasteiger partial charge in [-0.25, -0.2) is 0 Å². The van der Waals surface area contributed by atoms with Crippen LogP contribution in [0.25, 0.3) is 0 Å². The number of carboxylic acids is 1. The third kappa shape index (κ3) is 2.98. The molecular weight excluding hydrogens is 368 g/mol. The number of fused-ring (bicyclic) bond motifs is 1. The molecule has 3 rings (SSSR count). The Hall–Kier alpha value is -2.80. The van der Waals surface area contributed by atoms with Gasteiger partial charge in [0, 0.05) is 16.4 Å². The minimum atomic E-state index is -1.10. The van der Waals surface area contributed by atoms with Crippen molar-refractivity contribution in [1.82, 2.24) is 0 Å². The van der Waals surface area contributed by atoms with Gasteiger partial charge in [0.25, 0.3) is 0 Å². The lowest BCUT2D eigenvalue weighted by Crippen LogP contribution is -2.32. The molecule has 1 aliphatic carbocycles. The summed E-state index contributed by atoms with van der Waals surface area (Å²) in [4.78, 5) is 26.2. The zero-order valence-corrected chi connectivity index (χ0v) is 16.3. The Morgan fingerprint density at radius 1 is 1.11 bits per heavy atom. The van der Waals surface area contributed by atoms with E-state index in [0.29, 0.717) is 33.3 Å². The van der Waals surface area contributed by atoms with Gasteiger partial charge in [-0.3, -0.25) is 9.59 Å². The van der Waals surface area contributed by atoms with Gasteiger partial charge in [0.1, 0.15) is 0 Å². The standard InChI is InChI=1S/C20H20O6S/c1-9-6-12-16(15(20(22)23)10(2)17(21)19(12)27-9)11-7-13(24-3)18(26-5)14(8-11)25-4/h6-8,15-16H,2H2,1,3-5H3,(H,22,23)/t15-,16-/m1/s1.